The molecule has 0 aromatic heterocycles. The van der Waals surface area contributed by atoms with E-state index in [1.807, 2.05) is 6.92 Å². The van der Waals surface area contributed by atoms with E-state index in [-0.39, 0.29) is 12.6 Å². The van der Waals surface area contributed by atoms with Crippen LogP contribution in [0.5, 0.6) is 0 Å². The number of terminal acetylenes is 1. The average Bonchev–Trinajstić information content (AvgIpc) is 2.37. The van der Waals surface area contributed by atoms with Gasteiger partial charge in [-0.25, -0.2) is 8.78 Å². The Kier molecular flexibility index (Phi) is 5.76. The van der Waals surface area contributed by atoms with E-state index in [1.165, 1.54) is 6.07 Å². The van der Waals surface area contributed by atoms with Crippen molar-refractivity contribution in [3.05, 3.63) is 35.4 Å². The second-order valence-electron chi connectivity index (χ2n) is 4.11. The van der Waals surface area contributed by atoms with Crippen LogP contribution < -0.4 is 5.32 Å². The van der Waals surface area contributed by atoms with Gasteiger partial charge in [-0.2, -0.15) is 0 Å². The molecule has 0 radical (unpaired) electrons. The third kappa shape index (κ3) is 4.10. The molecular formula is C14H17F2NO. The van der Waals surface area contributed by atoms with E-state index in [0.717, 1.165) is 18.6 Å². The number of hydrogen-bond acceptors (Lipinski definition) is 2. The van der Waals surface area contributed by atoms with Crippen molar-refractivity contribution in [2.45, 2.75) is 31.9 Å². The number of halogens is 2. The molecule has 2 unspecified atom stereocenters. The van der Waals surface area contributed by atoms with E-state index in [1.54, 1.807) is 0 Å². The quantitative estimate of drug-likeness (QED) is 0.763. The van der Waals surface area contributed by atoms with Gasteiger partial charge in [-0.05, 0) is 24.1 Å². The lowest BCUT2D eigenvalue weighted by Gasteiger charge is -2.18. The highest BCUT2D eigenvalue weighted by atomic mass is 19.2. The molecule has 1 aromatic carbocycles. The summed E-state index contributed by atoms with van der Waals surface area (Å²) in [6.07, 6.45) is 5.75. The lowest BCUT2D eigenvalue weighted by Crippen LogP contribution is -2.32. The first-order chi connectivity index (χ1) is 8.58. The lowest BCUT2D eigenvalue weighted by atomic mass is 10.1. The van der Waals surface area contributed by atoms with Crippen molar-refractivity contribution in [2.24, 2.45) is 0 Å². The molecule has 0 aliphatic rings. The Balaban J connectivity index is 2.57. The molecule has 2 nitrogen and oxygen atoms in total. The van der Waals surface area contributed by atoms with Crippen LogP contribution in [0.2, 0.25) is 0 Å². The molecule has 2 atom stereocenters. The second-order valence-corrected chi connectivity index (χ2v) is 4.11. The van der Waals surface area contributed by atoms with Gasteiger partial charge in [0.15, 0.2) is 11.6 Å². The fourth-order valence-corrected chi connectivity index (χ4v) is 1.62. The van der Waals surface area contributed by atoms with Gasteiger partial charge in [0.1, 0.15) is 0 Å². The van der Waals surface area contributed by atoms with Crippen molar-refractivity contribution in [3.63, 3.8) is 0 Å². The zero-order chi connectivity index (χ0) is 13.5. The molecule has 0 aliphatic heterocycles. The molecule has 0 bridgehead atoms. The van der Waals surface area contributed by atoms with Gasteiger partial charge in [0.2, 0.25) is 0 Å². The largest absolute Gasteiger partial charge is 0.387 e. The molecule has 18 heavy (non-hydrogen) atoms. The first-order valence-corrected chi connectivity index (χ1v) is 5.88. The van der Waals surface area contributed by atoms with Gasteiger partial charge in [-0.3, -0.25) is 0 Å². The van der Waals surface area contributed by atoms with Crippen molar-refractivity contribution in [1.29, 1.82) is 0 Å². The van der Waals surface area contributed by atoms with Crippen LogP contribution in [-0.2, 0) is 0 Å². The molecule has 2 N–H and O–H groups in total. The number of aliphatic hydroxyl groups is 1. The summed E-state index contributed by atoms with van der Waals surface area (Å²) in [4.78, 5) is 0. The number of hydrogen-bond donors (Lipinski definition) is 2. The van der Waals surface area contributed by atoms with E-state index in [2.05, 4.69) is 11.2 Å². The lowest BCUT2D eigenvalue weighted by molar-refractivity contribution is 0.169. The van der Waals surface area contributed by atoms with Gasteiger partial charge in [0, 0.05) is 19.0 Å². The summed E-state index contributed by atoms with van der Waals surface area (Å²) < 4.78 is 25.7. The zero-order valence-electron chi connectivity index (χ0n) is 10.3. The van der Waals surface area contributed by atoms with Crippen LogP contribution in [-0.4, -0.2) is 17.7 Å². The smallest absolute Gasteiger partial charge is 0.159 e. The predicted molar refractivity (Wildman–Crippen MR) is 66.8 cm³/mol. The molecule has 98 valence electrons. The highest BCUT2D eigenvalue weighted by Gasteiger charge is 2.12. The number of aliphatic hydroxyl groups excluding tert-OH is 1. The molecule has 0 heterocycles. The van der Waals surface area contributed by atoms with Gasteiger partial charge in [-0.15, -0.1) is 12.3 Å². The van der Waals surface area contributed by atoms with Crippen molar-refractivity contribution < 1.29 is 13.9 Å². The van der Waals surface area contributed by atoms with Gasteiger partial charge in [0.25, 0.3) is 0 Å². The Labute approximate surface area is 106 Å². The summed E-state index contributed by atoms with van der Waals surface area (Å²) >= 11 is 0. The SMILES string of the molecule is C#CCC(CC)NCC(O)c1ccc(F)c(F)c1. The first kappa shape index (κ1) is 14.6. The summed E-state index contributed by atoms with van der Waals surface area (Å²) in [6.45, 7) is 2.24. The van der Waals surface area contributed by atoms with E-state index >= 15 is 0 Å². The maximum atomic E-state index is 13.0. The minimum absolute atomic E-state index is 0.120. The molecule has 1 aromatic rings. The number of rotatable bonds is 6. The normalized spacial score (nSPS) is 13.9. The van der Waals surface area contributed by atoms with Crippen molar-refractivity contribution in [3.8, 4) is 12.3 Å². The Morgan fingerprint density at radius 2 is 2.11 bits per heavy atom. The van der Waals surface area contributed by atoms with Crippen LogP contribution in [0.25, 0.3) is 0 Å². The highest BCUT2D eigenvalue weighted by molar-refractivity contribution is 5.20. The third-order valence-corrected chi connectivity index (χ3v) is 2.79. The number of benzene rings is 1. The zero-order valence-corrected chi connectivity index (χ0v) is 10.3. The van der Waals surface area contributed by atoms with E-state index in [0.29, 0.717) is 12.0 Å². The minimum atomic E-state index is -0.956. The average molecular weight is 253 g/mol. The Bertz CT molecular complexity index is 428. The molecule has 0 amide bonds. The Hall–Kier alpha value is -1.44. The summed E-state index contributed by atoms with van der Waals surface area (Å²) in [5.41, 5.74) is 0.344. The van der Waals surface area contributed by atoms with Crippen LogP contribution in [0.3, 0.4) is 0 Å². The monoisotopic (exact) mass is 253 g/mol. The molecule has 0 fully saturated rings. The van der Waals surface area contributed by atoms with Crippen molar-refractivity contribution >= 4 is 0 Å². The maximum absolute atomic E-state index is 13.0. The summed E-state index contributed by atoms with van der Waals surface area (Å²) in [5.74, 6) is 0.670. The van der Waals surface area contributed by atoms with Crippen LogP contribution in [0.1, 0.15) is 31.4 Å². The fraction of sp³-hybridized carbons (Fsp3) is 0.429. The van der Waals surface area contributed by atoms with E-state index in [9.17, 15) is 13.9 Å². The van der Waals surface area contributed by atoms with Crippen molar-refractivity contribution in [2.75, 3.05) is 6.54 Å². The molecule has 0 aliphatic carbocycles. The van der Waals surface area contributed by atoms with Gasteiger partial charge >= 0.3 is 0 Å². The summed E-state index contributed by atoms with van der Waals surface area (Å²) in [7, 11) is 0. The van der Waals surface area contributed by atoms with Crippen molar-refractivity contribution in [1.82, 2.24) is 5.32 Å². The molecule has 1 rings (SSSR count). The van der Waals surface area contributed by atoms with Gasteiger partial charge in [-0.1, -0.05) is 13.0 Å². The molecule has 0 saturated carbocycles. The van der Waals surface area contributed by atoms with Crippen LogP contribution in [0.4, 0.5) is 8.78 Å². The fourth-order valence-electron chi connectivity index (χ4n) is 1.62. The predicted octanol–water partition coefficient (Wildman–Crippen LogP) is 2.39. The molecular weight excluding hydrogens is 236 g/mol. The minimum Gasteiger partial charge on any atom is -0.387 e. The Morgan fingerprint density at radius 1 is 1.39 bits per heavy atom. The van der Waals surface area contributed by atoms with Gasteiger partial charge in [0.05, 0.1) is 6.10 Å². The second kappa shape index (κ2) is 7.10. The topological polar surface area (TPSA) is 32.3 Å². The maximum Gasteiger partial charge on any atom is 0.159 e. The Morgan fingerprint density at radius 3 is 2.67 bits per heavy atom. The molecule has 0 saturated heterocycles. The van der Waals surface area contributed by atoms with Crippen LogP contribution in [0, 0.1) is 24.0 Å². The summed E-state index contributed by atoms with van der Waals surface area (Å²) in [5, 5.41) is 12.9. The van der Waals surface area contributed by atoms with E-state index in [4.69, 9.17) is 6.42 Å². The highest BCUT2D eigenvalue weighted by Crippen LogP contribution is 2.16. The number of nitrogens with one attached hydrogen (secondary N) is 1. The first-order valence-electron chi connectivity index (χ1n) is 5.88. The third-order valence-electron chi connectivity index (χ3n) is 2.79. The van der Waals surface area contributed by atoms with Gasteiger partial charge < -0.3 is 10.4 Å². The molecule has 4 heteroatoms. The van der Waals surface area contributed by atoms with E-state index < -0.39 is 17.7 Å². The molecule has 0 spiro atoms. The van der Waals surface area contributed by atoms with Crippen LogP contribution in [0.15, 0.2) is 18.2 Å². The summed E-state index contributed by atoms with van der Waals surface area (Å²) in [6, 6.07) is 3.50. The standard InChI is InChI=1S/C14H17F2NO/c1-3-5-11(4-2)17-9-14(18)10-6-7-12(15)13(16)8-10/h1,6-8,11,14,17-18H,4-5,9H2,2H3. The van der Waals surface area contributed by atoms with Crippen LogP contribution >= 0.6 is 0 Å².